The molecule has 0 saturated carbocycles. The zero-order valence-electron chi connectivity index (χ0n) is 12.9. The molecule has 0 heterocycles. The van der Waals surface area contributed by atoms with Crippen molar-refractivity contribution in [3.8, 4) is 5.75 Å². The van der Waals surface area contributed by atoms with E-state index in [1.807, 2.05) is 39.0 Å². The van der Waals surface area contributed by atoms with Gasteiger partial charge in [0.25, 0.3) is 0 Å². The molecule has 0 aliphatic rings. The molecular weight excluding hydrogens is 252 g/mol. The molecule has 0 fully saturated rings. The third-order valence-corrected chi connectivity index (χ3v) is 3.38. The van der Waals surface area contributed by atoms with E-state index < -0.39 is 0 Å². The van der Waals surface area contributed by atoms with Gasteiger partial charge in [-0.3, -0.25) is 4.79 Å². The molecule has 2 atom stereocenters. The molecule has 2 unspecified atom stereocenters. The maximum atomic E-state index is 11.8. The summed E-state index contributed by atoms with van der Waals surface area (Å²) in [6, 6.07) is 6.04. The van der Waals surface area contributed by atoms with E-state index in [4.69, 9.17) is 10.5 Å². The molecular formula is C16H26N2O2. The standard InChI is InChI=1S/C16H26N2O2/c1-5-13(4)20-15-8-11(2)6-7-14(15)10-18-16(19)12(3)9-17/h6-8,12-13H,5,9-10,17H2,1-4H3,(H,18,19). The highest BCUT2D eigenvalue weighted by molar-refractivity contribution is 5.78. The normalized spacial score (nSPS) is 13.7. The molecule has 1 rings (SSSR count). The van der Waals surface area contributed by atoms with Crippen LogP contribution in [0.3, 0.4) is 0 Å². The molecule has 3 N–H and O–H groups in total. The highest BCUT2D eigenvalue weighted by Crippen LogP contribution is 2.22. The molecule has 0 bridgehead atoms. The van der Waals surface area contributed by atoms with E-state index in [1.165, 1.54) is 0 Å². The van der Waals surface area contributed by atoms with E-state index in [1.54, 1.807) is 0 Å². The Morgan fingerprint density at radius 1 is 1.40 bits per heavy atom. The average molecular weight is 278 g/mol. The largest absolute Gasteiger partial charge is 0.490 e. The van der Waals surface area contributed by atoms with Crippen molar-refractivity contribution in [3.63, 3.8) is 0 Å². The van der Waals surface area contributed by atoms with Gasteiger partial charge in [-0.05, 0) is 31.9 Å². The molecule has 0 spiro atoms. The maximum Gasteiger partial charge on any atom is 0.224 e. The molecule has 0 aliphatic carbocycles. The minimum absolute atomic E-state index is 0.0254. The van der Waals surface area contributed by atoms with Gasteiger partial charge in [-0.2, -0.15) is 0 Å². The molecule has 1 amide bonds. The van der Waals surface area contributed by atoms with Gasteiger partial charge in [0.1, 0.15) is 5.75 Å². The van der Waals surface area contributed by atoms with Crippen molar-refractivity contribution in [2.75, 3.05) is 6.54 Å². The lowest BCUT2D eigenvalue weighted by Gasteiger charge is -2.18. The zero-order valence-corrected chi connectivity index (χ0v) is 12.9. The second-order valence-electron chi connectivity index (χ2n) is 5.30. The number of benzene rings is 1. The number of carbonyl (C=O) groups is 1. The third-order valence-electron chi connectivity index (χ3n) is 3.38. The molecule has 0 aromatic heterocycles. The van der Waals surface area contributed by atoms with Gasteiger partial charge in [0.15, 0.2) is 0 Å². The smallest absolute Gasteiger partial charge is 0.224 e. The van der Waals surface area contributed by atoms with Crippen molar-refractivity contribution >= 4 is 5.91 Å². The fourth-order valence-corrected chi connectivity index (χ4v) is 1.68. The topological polar surface area (TPSA) is 64.3 Å². The van der Waals surface area contributed by atoms with Crippen molar-refractivity contribution in [2.24, 2.45) is 11.7 Å². The Labute approximate surface area is 121 Å². The summed E-state index contributed by atoms with van der Waals surface area (Å²) in [7, 11) is 0. The summed E-state index contributed by atoms with van der Waals surface area (Å²) < 4.78 is 5.92. The number of amides is 1. The minimum atomic E-state index is -0.167. The summed E-state index contributed by atoms with van der Waals surface area (Å²) in [5.74, 6) is 0.655. The van der Waals surface area contributed by atoms with Gasteiger partial charge in [0.05, 0.1) is 6.10 Å². The number of ether oxygens (including phenoxy) is 1. The van der Waals surface area contributed by atoms with Crippen molar-refractivity contribution in [1.29, 1.82) is 0 Å². The highest BCUT2D eigenvalue weighted by atomic mass is 16.5. The Kier molecular flexibility index (Phi) is 6.52. The molecule has 4 nitrogen and oxygen atoms in total. The van der Waals surface area contributed by atoms with E-state index in [0.717, 1.165) is 23.3 Å². The predicted molar refractivity (Wildman–Crippen MR) is 81.6 cm³/mol. The molecule has 1 aromatic rings. The van der Waals surface area contributed by atoms with Gasteiger partial charge < -0.3 is 15.8 Å². The number of rotatable bonds is 7. The van der Waals surface area contributed by atoms with Crippen LogP contribution in [0.4, 0.5) is 0 Å². The third kappa shape index (κ3) is 4.85. The lowest BCUT2D eigenvalue weighted by molar-refractivity contribution is -0.124. The molecule has 0 aliphatic heterocycles. The summed E-state index contributed by atoms with van der Waals surface area (Å²) in [6.07, 6.45) is 1.11. The van der Waals surface area contributed by atoms with Crippen LogP contribution in [-0.2, 0) is 11.3 Å². The van der Waals surface area contributed by atoms with E-state index in [9.17, 15) is 4.79 Å². The Bertz CT molecular complexity index is 446. The Morgan fingerprint density at radius 2 is 2.10 bits per heavy atom. The summed E-state index contributed by atoms with van der Waals surface area (Å²) in [4.78, 5) is 11.8. The summed E-state index contributed by atoms with van der Waals surface area (Å²) in [6.45, 7) is 8.81. The van der Waals surface area contributed by atoms with Gasteiger partial charge in [0.2, 0.25) is 5.91 Å². The molecule has 0 radical (unpaired) electrons. The van der Waals surface area contributed by atoms with Crippen LogP contribution in [0.1, 0.15) is 38.3 Å². The second kappa shape index (κ2) is 7.90. The number of hydrogen-bond acceptors (Lipinski definition) is 3. The van der Waals surface area contributed by atoms with Crippen molar-refractivity contribution in [1.82, 2.24) is 5.32 Å². The fourth-order valence-electron chi connectivity index (χ4n) is 1.68. The SMILES string of the molecule is CCC(C)Oc1cc(C)ccc1CNC(=O)C(C)CN. The number of nitrogens with two attached hydrogens (primary N) is 1. The molecule has 1 aromatic carbocycles. The zero-order chi connectivity index (χ0) is 15.1. The first kappa shape index (κ1) is 16.5. The van der Waals surface area contributed by atoms with Gasteiger partial charge in [-0.15, -0.1) is 0 Å². The highest BCUT2D eigenvalue weighted by Gasteiger charge is 2.12. The van der Waals surface area contributed by atoms with Crippen molar-refractivity contribution in [2.45, 2.75) is 46.8 Å². The minimum Gasteiger partial charge on any atom is -0.490 e. The lowest BCUT2D eigenvalue weighted by atomic mass is 10.1. The van der Waals surface area contributed by atoms with Crippen LogP contribution in [0.2, 0.25) is 0 Å². The quantitative estimate of drug-likeness (QED) is 0.805. The molecule has 4 heteroatoms. The van der Waals surface area contributed by atoms with E-state index >= 15 is 0 Å². The average Bonchev–Trinajstić information content (AvgIpc) is 2.44. The molecule has 112 valence electrons. The Morgan fingerprint density at radius 3 is 2.70 bits per heavy atom. The first-order chi connectivity index (χ1) is 9.47. The van der Waals surface area contributed by atoms with Crippen molar-refractivity contribution in [3.05, 3.63) is 29.3 Å². The summed E-state index contributed by atoms with van der Waals surface area (Å²) in [5.41, 5.74) is 7.63. The first-order valence-electron chi connectivity index (χ1n) is 7.21. The van der Waals surface area contributed by atoms with E-state index in [2.05, 4.69) is 12.2 Å². The van der Waals surface area contributed by atoms with Gasteiger partial charge in [-0.1, -0.05) is 26.0 Å². The van der Waals surface area contributed by atoms with Crippen LogP contribution < -0.4 is 15.8 Å². The van der Waals surface area contributed by atoms with Crippen LogP contribution in [0.25, 0.3) is 0 Å². The van der Waals surface area contributed by atoms with E-state index in [-0.39, 0.29) is 17.9 Å². The van der Waals surface area contributed by atoms with Crippen LogP contribution in [0.15, 0.2) is 18.2 Å². The maximum absolute atomic E-state index is 11.8. The van der Waals surface area contributed by atoms with Crippen molar-refractivity contribution < 1.29 is 9.53 Å². The Hall–Kier alpha value is -1.55. The van der Waals surface area contributed by atoms with Gasteiger partial charge >= 0.3 is 0 Å². The van der Waals surface area contributed by atoms with Crippen LogP contribution in [-0.4, -0.2) is 18.6 Å². The second-order valence-corrected chi connectivity index (χ2v) is 5.30. The van der Waals surface area contributed by atoms with Crippen LogP contribution in [0, 0.1) is 12.8 Å². The van der Waals surface area contributed by atoms with Gasteiger partial charge in [-0.25, -0.2) is 0 Å². The lowest BCUT2D eigenvalue weighted by Crippen LogP contribution is -2.33. The number of aryl methyl sites for hydroxylation is 1. The van der Waals surface area contributed by atoms with E-state index in [0.29, 0.717) is 13.1 Å². The fraction of sp³-hybridized carbons (Fsp3) is 0.562. The first-order valence-corrected chi connectivity index (χ1v) is 7.21. The van der Waals surface area contributed by atoms with Gasteiger partial charge in [0, 0.05) is 24.6 Å². The summed E-state index contributed by atoms with van der Waals surface area (Å²) >= 11 is 0. The molecule has 20 heavy (non-hydrogen) atoms. The number of hydrogen-bond donors (Lipinski definition) is 2. The summed E-state index contributed by atoms with van der Waals surface area (Å²) in [5, 5.41) is 2.90. The van der Waals surface area contributed by atoms with Crippen LogP contribution >= 0.6 is 0 Å². The monoisotopic (exact) mass is 278 g/mol. The number of carbonyl (C=O) groups excluding carboxylic acids is 1. The number of nitrogens with one attached hydrogen (secondary N) is 1. The molecule has 0 saturated heterocycles. The van der Waals surface area contributed by atoms with Crippen LogP contribution in [0.5, 0.6) is 5.75 Å². The predicted octanol–water partition coefficient (Wildman–Crippen LogP) is 2.38. The Balaban J connectivity index is 2.76.